The standard InChI is InChI=1S/C39H39N3O7/c1-5-46-22-20-35(40-48-26(3)43)28-12-16-32(17-13-28)42-37-18-14-30(36(21-23-47-6-2)41-49-27(4)44)24-33(37)34-25-31(15-19-38(34)42)39(45)29-10-8-7-9-11-29/h7-19,24-25H,5-6,20-23H2,1-4H3/b40-35+,41-36+. The smallest absolute Gasteiger partial charge is 0.331 e. The molecular weight excluding hydrogens is 622 g/mol. The third kappa shape index (κ3) is 8.53. The molecule has 4 aromatic carbocycles. The summed E-state index contributed by atoms with van der Waals surface area (Å²) in [5, 5.41) is 10.00. The highest BCUT2D eigenvalue weighted by Gasteiger charge is 2.18. The third-order valence-corrected chi connectivity index (χ3v) is 7.80. The van der Waals surface area contributed by atoms with Crippen LogP contribution in [0.25, 0.3) is 27.5 Å². The van der Waals surface area contributed by atoms with E-state index in [1.54, 1.807) is 12.1 Å². The summed E-state index contributed by atoms with van der Waals surface area (Å²) in [4.78, 5) is 46.7. The van der Waals surface area contributed by atoms with Gasteiger partial charge < -0.3 is 23.7 Å². The Morgan fingerprint density at radius 1 is 0.592 bits per heavy atom. The molecular formula is C39H39N3O7. The Kier molecular flexibility index (Phi) is 11.8. The molecule has 0 N–H and O–H groups in total. The first-order valence-corrected chi connectivity index (χ1v) is 16.2. The summed E-state index contributed by atoms with van der Waals surface area (Å²) in [5.41, 5.74) is 6.55. The van der Waals surface area contributed by atoms with Crippen LogP contribution < -0.4 is 0 Å². The molecule has 0 aliphatic rings. The first-order chi connectivity index (χ1) is 23.8. The second-order valence-electron chi connectivity index (χ2n) is 11.2. The van der Waals surface area contributed by atoms with Gasteiger partial charge >= 0.3 is 11.9 Å². The lowest BCUT2D eigenvalue weighted by atomic mass is 10.00. The van der Waals surface area contributed by atoms with Crippen LogP contribution in [-0.2, 0) is 28.7 Å². The molecule has 0 spiro atoms. The fraction of sp³-hybridized carbons (Fsp3) is 0.256. The molecule has 0 amide bonds. The molecule has 5 aromatic rings. The van der Waals surface area contributed by atoms with Gasteiger partial charge in [0, 0.05) is 73.1 Å². The van der Waals surface area contributed by atoms with Crippen molar-refractivity contribution >= 4 is 51.0 Å². The molecule has 0 fully saturated rings. The van der Waals surface area contributed by atoms with Crippen molar-refractivity contribution in [2.24, 2.45) is 10.3 Å². The van der Waals surface area contributed by atoms with E-state index in [2.05, 4.69) is 14.9 Å². The molecule has 10 heteroatoms. The number of carbonyl (C=O) groups is 3. The third-order valence-electron chi connectivity index (χ3n) is 7.80. The summed E-state index contributed by atoms with van der Waals surface area (Å²) >= 11 is 0. The monoisotopic (exact) mass is 661 g/mol. The average molecular weight is 662 g/mol. The lowest BCUT2D eigenvalue weighted by molar-refractivity contribution is -0.141. The fourth-order valence-electron chi connectivity index (χ4n) is 5.53. The molecule has 1 heterocycles. The number of rotatable bonds is 15. The number of ether oxygens (including phenoxy) is 2. The predicted octanol–water partition coefficient (Wildman–Crippen LogP) is 7.40. The van der Waals surface area contributed by atoms with Gasteiger partial charge in [-0.1, -0.05) is 58.8 Å². The molecule has 1 aromatic heterocycles. The summed E-state index contributed by atoms with van der Waals surface area (Å²) in [7, 11) is 0. The molecule has 0 bridgehead atoms. The summed E-state index contributed by atoms with van der Waals surface area (Å²) < 4.78 is 13.2. The quantitative estimate of drug-likeness (QED) is 0.0377. The van der Waals surface area contributed by atoms with Crippen LogP contribution in [0.1, 0.15) is 67.6 Å². The van der Waals surface area contributed by atoms with Crippen molar-refractivity contribution in [3.05, 3.63) is 113 Å². The van der Waals surface area contributed by atoms with Crippen LogP contribution in [0.3, 0.4) is 0 Å². The maximum Gasteiger partial charge on any atom is 0.331 e. The van der Waals surface area contributed by atoms with Crippen molar-refractivity contribution in [3.63, 3.8) is 0 Å². The van der Waals surface area contributed by atoms with E-state index in [0.29, 0.717) is 61.8 Å². The Bertz CT molecular complexity index is 2010. The zero-order valence-corrected chi connectivity index (χ0v) is 28.1. The summed E-state index contributed by atoms with van der Waals surface area (Å²) in [6.07, 6.45) is 0.905. The van der Waals surface area contributed by atoms with E-state index in [4.69, 9.17) is 19.1 Å². The van der Waals surface area contributed by atoms with Crippen LogP contribution in [0.5, 0.6) is 0 Å². The molecule has 5 rings (SSSR count). The first-order valence-electron chi connectivity index (χ1n) is 16.2. The summed E-state index contributed by atoms with van der Waals surface area (Å²) in [5.74, 6) is -1.10. The van der Waals surface area contributed by atoms with Gasteiger partial charge in [0.15, 0.2) is 5.78 Å². The molecule has 0 aliphatic carbocycles. The van der Waals surface area contributed by atoms with E-state index in [1.807, 2.05) is 92.7 Å². The zero-order valence-electron chi connectivity index (χ0n) is 28.1. The number of fused-ring (bicyclic) bond motifs is 3. The van der Waals surface area contributed by atoms with Crippen molar-refractivity contribution in [2.75, 3.05) is 26.4 Å². The number of ketones is 1. The molecule has 10 nitrogen and oxygen atoms in total. The van der Waals surface area contributed by atoms with Crippen LogP contribution in [0.2, 0.25) is 0 Å². The van der Waals surface area contributed by atoms with Gasteiger partial charge in [0.1, 0.15) is 0 Å². The normalized spacial score (nSPS) is 12.0. The highest BCUT2D eigenvalue weighted by Crippen LogP contribution is 2.34. The van der Waals surface area contributed by atoms with Crippen LogP contribution in [0.15, 0.2) is 101 Å². The van der Waals surface area contributed by atoms with E-state index in [1.165, 1.54) is 13.8 Å². The largest absolute Gasteiger partial charge is 0.381 e. The fourth-order valence-corrected chi connectivity index (χ4v) is 5.53. The maximum absolute atomic E-state index is 13.5. The lowest BCUT2D eigenvalue weighted by Crippen LogP contribution is -2.09. The van der Waals surface area contributed by atoms with Gasteiger partial charge in [-0.3, -0.25) is 4.79 Å². The zero-order chi connectivity index (χ0) is 34.8. The van der Waals surface area contributed by atoms with Crippen LogP contribution >= 0.6 is 0 Å². The molecule has 252 valence electrons. The van der Waals surface area contributed by atoms with Crippen LogP contribution in [-0.4, -0.2) is 60.1 Å². The molecule has 0 saturated heterocycles. The van der Waals surface area contributed by atoms with Gasteiger partial charge in [0.05, 0.1) is 35.7 Å². The van der Waals surface area contributed by atoms with E-state index < -0.39 is 11.9 Å². The number of hydrogen-bond acceptors (Lipinski definition) is 9. The van der Waals surface area contributed by atoms with Crippen LogP contribution in [0.4, 0.5) is 0 Å². The first kappa shape index (κ1) is 34.9. The summed E-state index contributed by atoms with van der Waals surface area (Å²) in [6, 6.07) is 28.7. The number of carbonyl (C=O) groups excluding carboxylic acids is 3. The predicted molar refractivity (Wildman–Crippen MR) is 189 cm³/mol. The van der Waals surface area contributed by atoms with Crippen molar-refractivity contribution < 1.29 is 33.5 Å². The Hall–Kier alpha value is -5.45. The Morgan fingerprint density at radius 2 is 1.08 bits per heavy atom. The summed E-state index contributed by atoms with van der Waals surface area (Å²) in [6.45, 7) is 8.41. The topological polar surface area (TPSA) is 118 Å². The van der Waals surface area contributed by atoms with Gasteiger partial charge in [-0.2, -0.15) is 0 Å². The van der Waals surface area contributed by atoms with E-state index in [-0.39, 0.29) is 5.78 Å². The molecule has 49 heavy (non-hydrogen) atoms. The highest BCUT2D eigenvalue weighted by atomic mass is 16.7. The van der Waals surface area contributed by atoms with Gasteiger partial charge in [0.2, 0.25) is 0 Å². The molecule has 0 saturated carbocycles. The molecule has 0 atom stereocenters. The Balaban J connectivity index is 1.65. The highest BCUT2D eigenvalue weighted by molar-refractivity contribution is 6.16. The Labute approximate surface area is 284 Å². The SMILES string of the molecule is CCOCC/C(=N\OC(C)=O)c1ccc(-n2c3ccc(C(=O)c4ccccc4)cc3c3cc(/C(CCOCC)=N/OC(C)=O)ccc32)cc1. The van der Waals surface area contributed by atoms with Gasteiger partial charge in [-0.05, 0) is 61.9 Å². The molecule has 0 unspecified atom stereocenters. The minimum absolute atomic E-state index is 0.0793. The van der Waals surface area contributed by atoms with Gasteiger partial charge in [-0.25, -0.2) is 9.59 Å². The second-order valence-corrected chi connectivity index (χ2v) is 11.2. The van der Waals surface area contributed by atoms with E-state index in [0.717, 1.165) is 38.6 Å². The second kappa shape index (κ2) is 16.6. The molecule has 0 aliphatic heterocycles. The number of oxime groups is 2. The number of nitrogens with zero attached hydrogens (tertiary/aromatic N) is 3. The van der Waals surface area contributed by atoms with Gasteiger partial charge in [-0.15, -0.1) is 0 Å². The maximum atomic E-state index is 13.5. The average Bonchev–Trinajstić information content (AvgIpc) is 3.44. The van der Waals surface area contributed by atoms with Crippen molar-refractivity contribution in [1.82, 2.24) is 4.57 Å². The van der Waals surface area contributed by atoms with Crippen molar-refractivity contribution in [3.8, 4) is 5.69 Å². The van der Waals surface area contributed by atoms with E-state index >= 15 is 0 Å². The number of hydrogen-bond donors (Lipinski definition) is 0. The van der Waals surface area contributed by atoms with E-state index in [9.17, 15) is 14.4 Å². The van der Waals surface area contributed by atoms with Gasteiger partial charge in [0.25, 0.3) is 0 Å². The van der Waals surface area contributed by atoms with Crippen molar-refractivity contribution in [2.45, 2.75) is 40.5 Å². The molecule has 0 radical (unpaired) electrons. The number of aromatic nitrogens is 1. The minimum Gasteiger partial charge on any atom is -0.381 e. The lowest BCUT2D eigenvalue weighted by Gasteiger charge is -2.11. The minimum atomic E-state index is -0.516. The van der Waals surface area contributed by atoms with Crippen molar-refractivity contribution in [1.29, 1.82) is 0 Å². The number of benzene rings is 4. The Morgan fingerprint density at radius 3 is 1.61 bits per heavy atom. The van der Waals surface area contributed by atoms with Crippen LogP contribution in [0, 0.1) is 0 Å².